The Morgan fingerprint density at radius 1 is 0.594 bits per heavy atom. The first-order valence-electron chi connectivity index (χ1n) is 9.59. The lowest BCUT2D eigenvalue weighted by Gasteiger charge is -2.20. The Balaban J connectivity index is 2.17. The van der Waals surface area contributed by atoms with Crippen molar-refractivity contribution in [1.29, 1.82) is 0 Å². The molecule has 0 radical (unpaired) electrons. The molecule has 3 aromatic rings. The highest BCUT2D eigenvalue weighted by molar-refractivity contribution is 8.65. The summed E-state index contributed by atoms with van der Waals surface area (Å²) < 4.78 is 21.7. The predicted octanol–water partition coefficient (Wildman–Crippen LogP) is 5.89. The summed E-state index contributed by atoms with van der Waals surface area (Å²) in [7, 11) is 3.92. The van der Waals surface area contributed by atoms with Crippen molar-refractivity contribution in [2.45, 2.75) is 4.90 Å². The van der Waals surface area contributed by atoms with Gasteiger partial charge in [0.2, 0.25) is 11.0 Å². The minimum atomic E-state index is -1.98. The van der Waals surface area contributed by atoms with Crippen LogP contribution < -0.4 is 18.9 Å². The van der Waals surface area contributed by atoms with Crippen LogP contribution in [0, 0.1) is 0 Å². The van der Waals surface area contributed by atoms with E-state index in [0.29, 0.717) is 23.0 Å². The third-order valence-corrected chi connectivity index (χ3v) is 8.62. The van der Waals surface area contributed by atoms with E-state index in [9.17, 15) is 9.59 Å². The molecule has 0 aliphatic rings. The maximum atomic E-state index is 13.9. The summed E-state index contributed by atoms with van der Waals surface area (Å²) in [5.41, 5.74) is -0.286. The van der Waals surface area contributed by atoms with Gasteiger partial charge in [-0.2, -0.15) is 0 Å². The van der Waals surface area contributed by atoms with Gasteiger partial charge in [0.25, 0.3) is 0 Å². The fraction of sp³-hybridized carbons (Fsp3) is 0.167. The minimum Gasteiger partial charge on any atom is -0.496 e. The number of benzene rings is 3. The van der Waals surface area contributed by atoms with Crippen LogP contribution in [0.4, 0.5) is 0 Å². The Labute approximate surface area is 192 Å². The Morgan fingerprint density at radius 2 is 0.969 bits per heavy atom. The molecule has 8 heteroatoms. The Kier molecular flexibility index (Phi) is 8.14. The molecule has 0 atom stereocenters. The van der Waals surface area contributed by atoms with Crippen LogP contribution in [0.25, 0.3) is 0 Å². The molecular weight excluding hydrogens is 447 g/mol. The number of hydrogen-bond donors (Lipinski definition) is 0. The molecule has 0 saturated heterocycles. The molecule has 0 amide bonds. The van der Waals surface area contributed by atoms with Gasteiger partial charge in [0.1, 0.15) is 41.2 Å². The van der Waals surface area contributed by atoms with E-state index in [2.05, 4.69) is 0 Å². The van der Waals surface area contributed by atoms with E-state index in [1.165, 1.54) is 39.8 Å². The zero-order valence-corrected chi connectivity index (χ0v) is 19.9. The first-order valence-corrected chi connectivity index (χ1v) is 12.4. The standard InChI is InChI=1S/C24H23O6PS/c1-27-17-12-8-13-18(28-2)21(17)23(25)31(32-16-10-6-5-7-11-16)24(26)22-19(29-3)14-9-15-20(22)30-4/h5-15H,1-4H3. The van der Waals surface area contributed by atoms with Crippen molar-refractivity contribution in [2.75, 3.05) is 28.4 Å². The van der Waals surface area contributed by atoms with Crippen LogP contribution in [0.1, 0.15) is 20.7 Å². The van der Waals surface area contributed by atoms with Gasteiger partial charge in [-0.05, 0) is 36.4 Å². The van der Waals surface area contributed by atoms with E-state index in [4.69, 9.17) is 18.9 Å². The van der Waals surface area contributed by atoms with E-state index in [1.807, 2.05) is 30.3 Å². The van der Waals surface area contributed by atoms with Crippen LogP contribution in [0.2, 0.25) is 0 Å². The lowest BCUT2D eigenvalue weighted by Crippen LogP contribution is -2.10. The quantitative estimate of drug-likeness (QED) is 0.342. The topological polar surface area (TPSA) is 71.1 Å². The molecule has 166 valence electrons. The minimum absolute atomic E-state index is 0.231. The number of rotatable bonds is 10. The number of ether oxygens (including phenoxy) is 4. The number of carbonyl (C=O) groups excluding carboxylic acids is 2. The Bertz CT molecular complexity index is 991. The van der Waals surface area contributed by atoms with Crippen LogP contribution in [-0.2, 0) is 0 Å². The van der Waals surface area contributed by atoms with Crippen molar-refractivity contribution in [3.8, 4) is 23.0 Å². The van der Waals surface area contributed by atoms with Crippen molar-refractivity contribution in [3.05, 3.63) is 77.9 Å². The van der Waals surface area contributed by atoms with Crippen molar-refractivity contribution in [1.82, 2.24) is 0 Å². The van der Waals surface area contributed by atoms with Gasteiger partial charge < -0.3 is 18.9 Å². The first-order chi connectivity index (χ1) is 15.5. The number of carbonyl (C=O) groups is 2. The molecule has 0 heterocycles. The van der Waals surface area contributed by atoms with Gasteiger partial charge in [0.05, 0.1) is 28.4 Å². The molecule has 0 fully saturated rings. The highest BCUT2D eigenvalue weighted by Gasteiger charge is 2.36. The molecule has 3 aromatic carbocycles. The third kappa shape index (κ3) is 4.90. The summed E-state index contributed by atoms with van der Waals surface area (Å²) in [5.74, 6) is 1.37. The van der Waals surface area contributed by atoms with E-state index < -0.39 is 7.12 Å². The van der Waals surface area contributed by atoms with Gasteiger partial charge in [-0.15, -0.1) is 0 Å². The smallest absolute Gasteiger partial charge is 0.210 e. The molecule has 0 N–H and O–H groups in total. The van der Waals surface area contributed by atoms with E-state index >= 15 is 0 Å². The van der Waals surface area contributed by atoms with Crippen LogP contribution in [0.5, 0.6) is 23.0 Å². The molecule has 0 saturated carbocycles. The normalized spacial score (nSPS) is 10.5. The molecular formula is C24H23O6PS. The lowest BCUT2D eigenvalue weighted by atomic mass is 10.2. The highest BCUT2D eigenvalue weighted by Crippen LogP contribution is 2.61. The molecule has 0 spiro atoms. The molecule has 3 rings (SSSR count). The second kappa shape index (κ2) is 11.0. The van der Waals surface area contributed by atoms with Gasteiger partial charge >= 0.3 is 0 Å². The maximum absolute atomic E-state index is 13.9. The van der Waals surface area contributed by atoms with Crippen LogP contribution >= 0.6 is 18.5 Å². The van der Waals surface area contributed by atoms with E-state index in [-0.39, 0.29) is 22.2 Å². The second-order valence-electron chi connectivity index (χ2n) is 6.38. The zero-order chi connectivity index (χ0) is 23.1. The van der Waals surface area contributed by atoms with Gasteiger partial charge in [-0.3, -0.25) is 9.59 Å². The van der Waals surface area contributed by atoms with Crippen molar-refractivity contribution < 1.29 is 28.5 Å². The molecule has 0 aliphatic heterocycles. The van der Waals surface area contributed by atoms with Crippen LogP contribution in [-0.4, -0.2) is 39.5 Å². The summed E-state index contributed by atoms with van der Waals surface area (Å²) in [5, 5.41) is 0. The van der Waals surface area contributed by atoms with Gasteiger partial charge in [0.15, 0.2) is 0 Å². The maximum Gasteiger partial charge on any atom is 0.210 e. The van der Waals surface area contributed by atoms with Crippen molar-refractivity contribution in [2.24, 2.45) is 0 Å². The van der Waals surface area contributed by atoms with Gasteiger partial charge in [0, 0.05) is 4.90 Å². The summed E-state index contributed by atoms with van der Waals surface area (Å²) in [6.07, 6.45) is 0. The average molecular weight is 470 g/mol. The molecule has 32 heavy (non-hydrogen) atoms. The lowest BCUT2D eigenvalue weighted by molar-refractivity contribution is 0.105. The summed E-state index contributed by atoms with van der Waals surface area (Å²) in [4.78, 5) is 28.5. The van der Waals surface area contributed by atoms with Gasteiger partial charge in [-0.1, -0.05) is 41.7 Å². The van der Waals surface area contributed by atoms with Crippen molar-refractivity contribution in [3.63, 3.8) is 0 Å². The highest BCUT2D eigenvalue weighted by atomic mass is 32.7. The van der Waals surface area contributed by atoms with Crippen LogP contribution in [0.3, 0.4) is 0 Å². The largest absolute Gasteiger partial charge is 0.496 e. The molecule has 0 unspecified atom stereocenters. The third-order valence-electron chi connectivity index (χ3n) is 4.59. The second-order valence-corrected chi connectivity index (χ2v) is 10.1. The molecule has 0 aliphatic carbocycles. The first kappa shape index (κ1) is 23.6. The van der Waals surface area contributed by atoms with E-state index in [1.54, 1.807) is 36.4 Å². The summed E-state index contributed by atoms with van der Waals surface area (Å²) in [6, 6.07) is 19.5. The van der Waals surface area contributed by atoms with Crippen LogP contribution in [0.15, 0.2) is 71.6 Å². The van der Waals surface area contributed by atoms with E-state index in [0.717, 1.165) is 4.90 Å². The van der Waals surface area contributed by atoms with Gasteiger partial charge in [-0.25, -0.2) is 0 Å². The fourth-order valence-electron chi connectivity index (χ4n) is 3.09. The molecule has 6 nitrogen and oxygen atoms in total. The van der Waals surface area contributed by atoms with Crippen molar-refractivity contribution >= 4 is 29.6 Å². The Morgan fingerprint density at radius 3 is 1.31 bits per heavy atom. The average Bonchev–Trinajstić information content (AvgIpc) is 2.85. The Hall–Kier alpha value is -3.02. The summed E-state index contributed by atoms with van der Waals surface area (Å²) >= 11 is 1.21. The summed E-state index contributed by atoms with van der Waals surface area (Å²) in [6.45, 7) is 0. The fourth-order valence-corrected chi connectivity index (χ4v) is 6.82. The number of methoxy groups -OCH3 is 4. The SMILES string of the molecule is COc1cccc(OC)c1C(=O)P(Sc1ccccc1)C(=O)c1c(OC)cccc1OC. The number of hydrogen-bond acceptors (Lipinski definition) is 7. The zero-order valence-electron chi connectivity index (χ0n) is 18.2. The monoisotopic (exact) mass is 470 g/mol. The molecule has 0 aromatic heterocycles. The molecule has 0 bridgehead atoms. The predicted molar refractivity (Wildman–Crippen MR) is 127 cm³/mol.